The summed E-state index contributed by atoms with van der Waals surface area (Å²) in [7, 11) is 0. The lowest BCUT2D eigenvalue weighted by Crippen LogP contribution is -2.50. The Kier molecular flexibility index (Phi) is 6.52. The van der Waals surface area contributed by atoms with Crippen LogP contribution in [0.4, 0.5) is 9.18 Å². The van der Waals surface area contributed by atoms with Crippen LogP contribution in [0.1, 0.15) is 35.4 Å². The number of benzene rings is 2. The number of hydrogen-bond acceptors (Lipinski definition) is 5. The Morgan fingerprint density at radius 3 is 2.45 bits per heavy atom. The zero-order valence-electron chi connectivity index (χ0n) is 17.9. The van der Waals surface area contributed by atoms with Gasteiger partial charge in [0.25, 0.3) is 11.8 Å². The van der Waals surface area contributed by atoms with Crippen molar-refractivity contribution in [1.82, 2.24) is 21.1 Å². The number of thiophene rings is 1. The van der Waals surface area contributed by atoms with Crippen molar-refractivity contribution in [1.29, 1.82) is 0 Å². The Bertz CT molecular complexity index is 1140. The minimum Gasteiger partial charge on any atom is -0.318 e. The highest BCUT2D eigenvalue weighted by molar-refractivity contribution is 7.10. The molecule has 7 nitrogen and oxygen atoms in total. The van der Waals surface area contributed by atoms with Crippen LogP contribution in [0.2, 0.25) is 0 Å². The van der Waals surface area contributed by atoms with Gasteiger partial charge in [0.1, 0.15) is 11.4 Å². The second kappa shape index (κ2) is 9.51. The number of imide groups is 1. The maximum Gasteiger partial charge on any atom is 0.344 e. The minimum absolute atomic E-state index is 0.165. The zero-order valence-corrected chi connectivity index (χ0v) is 18.7. The number of carbonyl (C=O) groups excluding carboxylic acids is 3. The third-order valence-electron chi connectivity index (χ3n) is 5.62. The van der Waals surface area contributed by atoms with Gasteiger partial charge in [-0.15, -0.1) is 11.3 Å². The van der Waals surface area contributed by atoms with Gasteiger partial charge in [0.2, 0.25) is 0 Å². The lowest BCUT2D eigenvalue weighted by atomic mass is 9.87. The second-order valence-corrected chi connectivity index (χ2v) is 8.59. The lowest BCUT2D eigenvalue weighted by molar-refractivity contribution is -0.139. The van der Waals surface area contributed by atoms with E-state index in [9.17, 15) is 18.8 Å². The summed E-state index contributed by atoms with van der Waals surface area (Å²) in [6.45, 7) is 1.63. The summed E-state index contributed by atoms with van der Waals surface area (Å²) < 4.78 is 13.4. The standard InChI is InChI=1S/C24H23FN4O3S/c1-2-24(17-7-4-3-5-8-17)22(31)29(23(32)27-24)28-20(30)15-26-21(19-9-6-14-33-19)16-10-12-18(25)13-11-16/h3-14,21,26H,2,15H2,1H3,(H,27,32)(H,28,30)/t21-,24+/m1/s1. The van der Waals surface area contributed by atoms with Gasteiger partial charge in [0.15, 0.2) is 0 Å². The number of amides is 4. The van der Waals surface area contributed by atoms with E-state index in [4.69, 9.17) is 0 Å². The quantitative estimate of drug-likeness (QED) is 0.444. The molecule has 0 unspecified atom stereocenters. The van der Waals surface area contributed by atoms with Crippen LogP contribution >= 0.6 is 11.3 Å². The van der Waals surface area contributed by atoms with Crippen molar-refractivity contribution in [2.75, 3.05) is 6.54 Å². The van der Waals surface area contributed by atoms with E-state index < -0.39 is 23.4 Å². The summed E-state index contributed by atoms with van der Waals surface area (Å²) in [6.07, 6.45) is 0.331. The average molecular weight is 467 g/mol. The number of rotatable bonds is 8. The lowest BCUT2D eigenvalue weighted by Gasteiger charge is -2.25. The van der Waals surface area contributed by atoms with Crippen molar-refractivity contribution < 1.29 is 18.8 Å². The number of hydrogen-bond donors (Lipinski definition) is 3. The van der Waals surface area contributed by atoms with Crippen LogP contribution in [-0.2, 0) is 15.1 Å². The molecule has 1 fully saturated rings. The molecule has 1 aliphatic rings. The van der Waals surface area contributed by atoms with Gasteiger partial charge in [0.05, 0.1) is 12.6 Å². The Labute approximate surface area is 194 Å². The van der Waals surface area contributed by atoms with Crippen LogP contribution in [0.3, 0.4) is 0 Å². The van der Waals surface area contributed by atoms with E-state index in [0.29, 0.717) is 12.0 Å². The van der Waals surface area contributed by atoms with Gasteiger partial charge < -0.3 is 5.32 Å². The topological polar surface area (TPSA) is 90.5 Å². The molecular weight excluding hydrogens is 443 g/mol. The first-order valence-corrected chi connectivity index (χ1v) is 11.4. The molecule has 3 aromatic rings. The summed E-state index contributed by atoms with van der Waals surface area (Å²) in [6, 6.07) is 17.7. The number of carbonyl (C=O) groups is 3. The highest BCUT2D eigenvalue weighted by atomic mass is 32.1. The van der Waals surface area contributed by atoms with Gasteiger partial charge in [-0.3, -0.25) is 20.3 Å². The van der Waals surface area contributed by atoms with Crippen molar-refractivity contribution >= 4 is 29.2 Å². The van der Waals surface area contributed by atoms with Gasteiger partial charge in [-0.25, -0.2) is 9.18 Å². The number of nitrogens with one attached hydrogen (secondary N) is 3. The van der Waals surface area contributed by atoms with Gasteiger partial charge in [-0.2, -0.15) is 5.01 Å². The molecule has 1 aliphatic heterocycles. The number of halogens is 1. The molecule has 0 bridgehead atoms. The second-order valence-electron chi connectivity index (χ2n) is 7.61. The van der Waals surface area contributed by atoms with E-state index in [1.807, 2.05) is 23.6 Å². The van der Waals surface area contributed by atoms with Crippen LogP contribution in [-0.4, -0.2) is 29.4 Å². The SMILES string of the molecule is CC[C@@]1(c2ccccc2)NC(=O)N(NC(=O)CN[C@H](c2ccc(F)cc2)c2cccs2)C1=O. The summed E-state index contributed by atoms with van der Waals surface area (Å²) in [5, 5.41) is 8.51. The summed E-state index contributed by atoms with van der Waals surface area (Å²) in [5.74, 6) is -1.44. The number of urea groups is 1. The molecule has 0 spiro atoms. The van der Waals surface area contributed by atoms with E-state index >= 15 is 0 Å². The molecule has 1 aromatic heterocycles. The molecule has 33 heavy (non-hydrogen) atoms. The summed E-state index contributed by atoms with van der Waals surface area (Å²) >= 11 is 1.50. The predicted octanol–water partition coefficient (Wildman–Crippen LogP) is 3.45. The van der Waals surface area contributed by atoms with Gasteiger partial charge in [0, 0.05) is 4.88 Å². The van der Waals surface area contributed by atoms with E-state index in [0.717, 1.165) is 15.4 Å². The fourth-order valence-electron chi connectivity index (χ4n) is 3.89. The fourth-order valence-corrected chi connectivity index (χ4v) is 4.72. The highest BCUT2D eigenvalue weighted by Gasteiger charge is 2.52. The number of nitrogens with zero attached hydrogens (tertiary/aromatic N) is 1. The van der Waals surface area contributed by atoms with Crippen LogP contribution in [0.25, 0.3) is 0 Å². The average Bonchev–Trinajstić information content (AvgIpc) is 3.44. The van der Waals surface area contributed by atoms with Gasteiger partial charge >= 0.3 is 6.03 Å². The molecule has 2 heterocycles. The first-order chi connectivity index (χ1) is 15.9. The minimum atomic E-state index is -1.23. The first kappa shape index (κ1) is 22.6. The van der Waals surface area contributed by atoms with E-state index in [-0.39, 0.29) is 18.4 Å². The third-order valence-corrected chi connectivity index (χ3v) is 6.56. The first-order valence-electron chi connectivity index (χ1n) is 10.5. The largest absolute Gasteiger partial charge is 0.344 e. The van der Waals surface area contributed by atoms with Crippen LogP contribution < -0.4 is 16.1 Å². The zero-order chi connectivity index (χ0) is 23.4. The smallest absolute Gasteiger partial charge is 0.318 e. The van der Waals surface area contributed by atoms with Crippen LogP contribution in [0.5, 0.6) is 0 Å². The maximum absolute atomic E-state index is 13.4. The molecule has 2 aromatic carbocycles. The van der Waals surface area contributed by atoms with Crippen LogP contribution in [0, 0.1) is 5.82 Å². The summed E-state index contributed by atoms with van der Waals surface area (Å²) in [5.41, 5.74) is 2.62. The predicted molar refractivity (Wildman–Crippen MR) is 122 cm³/mol. The van der Waals surface area contributed by atoms with Crippen molar-refractivity contribution in [2.24, 2.45) is 0 Å². The molecular formula is C24H23FN4O3S. The van der Waals surface area contributed by atoms with E-state index in [1.165, 1.54) is 23.5 Å². The monoisotopic (exact) mass is 466 g/mol. The molecule has 1 saturated heterocycles. The molecule has 9 heteroatoms. The molecule has 3 N–H and O–H groups in total. The Morgan fingerprint density at radius 2 is 1.82 bits per heavy atom. The van der Waals surface area contributed by atoms with Crippen molar-refractivity contribution in [2.45, 2.75) is 24.9 Å². The maximum atomic E-state index is 13.4. The van der Waals surface area contributed by atoms with Crippen molar-refractivity contribution in [3.05, 3.63) is 93.9 Å². The van der Waals surface area contributed by atoms with E-state index in [2.05, 4.69) is 16.1 Å². The molecule has 4 amide bonds. The highest BCUT2D eigenvalue weighted by Crippen LogP contribution is 2.31. The van der Waals surface area contributed by atoms with Crippen molar-refractivity contribution in [3.63, 3.8) is 0 Å². The molecule has 2 atom stereocenters. The normalized spacial score (nSPS) is 18.8. The Morgan fingerprint density at radius 1 is 1.09 bits per heavy atom. The Balaban J connectivity index is 1.46. The third kappa shape index (κ3) is 4.50. The molecule has 0 radical (unpaired) electrons. The summed E-state index contributed by atoms with van der Waals surface area (Å²) in [4.78, 5) is 39.4. The van der Waals surface area contributed by atoms with E-state index in [1.54, 1.807) is 43.3 Å². The van der Waals surface area contributed by atoms with Crippen LogP contribution in [0.15, 0.2) is 72.1 Å². The molecule has 0 saturated carbocycles. The Hall–Kier alpha value is -3.56. The van der Waals surface area contributed by atoms with Crippen molar-refractivity contribution in [3.8, 4) is 0 Å². The molecule has 4 rings (SSSR count). The molecule has 0 aliphatic carbocycles. The number of hydrazine groups is 1. The van der Waals surface area contributed by atoms with Gasteiger partial charge in [-0.1, -0.05) is 55.5 Å². The molecule has 170 valence electrons. The fraction of sp³-hybridized carbons (Fsp3) is 0.208. The van der Waals surface area contributed by atoms with Gasteiger partial charge in [-0.05, 0) is 41.1 Å².